The summed E-state index contributed by atoms with van der Waals surface area (Å²) in [7, 11) is -3.78. The fourth-order valence-electron chi connectivity index (χ4n) is 5.42. The highest BCUT2D eigenvalue weighted by Crippen LogP contribution is 2.42. The minimum Gasteiger partial charge on any atom is -0.381 e. The van der Waals surface area contributed by atoms with Crippen LogP contribution in [0.2, 0.25) is 0 Å². The fourth-order valence-corrected chi connectivity index (χ4v) is 7.21. The lowest BCUT2D eigenvalue weighted by atomic mass is 9.67. The van der Waals surface area contributed by atoms with E-state index in [0.717, 1.165) is 32.5 Å². The average Bonchev–Trinajstić information content (AvgIpc) is 2.81. The number of benzene rings is 1. The van der Waals surface area contributed by atoms with Gasteiger partial charge in [0, 0.05) is 44.5 Å². The Bertz CT molecular complexity index is 1010. The van der Waals surface area contributed by atoms with Crippen molar-refractivity contribution in [3.05, 3.63) is 42.5 Å². The maximum Gasteiger partial charge on any atom is 0.251 e. The summed E-state index contributed by atoms with van der Waals surface area (Å²) in [5, 5.41) is 5.92. The first-order chi connectivity index (χ1) is 16.4. The molecule has 8 nitrogen and oxygen atoms in total. The van der Waals surface area contributed by atoms with Crippen LogP contribution in [-0.4, -0.2) is 63.4 Å². The second kappa shape index (κ2) is 10.8. The second-order valence-electron chi connectivity index (χ2n) is 11.0. The molecule has 9 heteroatoms. The number of rotatable bonds is 8. The Morgan fingerprint density at radius 3 is 2.20 bits per heavy atom. The lowest BCUT2D eigenvalue weighted by molar-refractivity contribution is -0.120. The minimum atomic E-state index is -3.78. The molecule has 2 N–H and O–H groups in total. The lowest BCUT2D eigenvalue weighted by Crippen LogP contribution is -2.64. The van der Waals surface area contributed by atoms with Crippen LogP contribution in [0.1, 0.15) is 57.3 Å². The first kappa shape index (κ1) is 27.4. The summed E-state index contributed by atoms with van der Waals surface area (Å²) in [4.78, 5) is 24.7. The quantitative estimate of drug-likeness (QED) is 0.529. The normalized spacial score (nSPS) is 21.3. The molecule has 0 saturated carbocycles. The summed E-state index contributed by atoms with van der Waals surface area (Å²) in [6, 6.07) is 5.88. The molecule has 2 heterocycles. The first-order valence-corrected chi connectivity index (χ1v) is 13.7. The molecule has 0 aliphatic carbocycles. The summed E-state index contributed by atoms with van der Waals surface area (Å²) >= 11 is 0. The number of carbonyl (C=O) groups is 2. The predicted octanol–water partition coefficient (Wildman–Crippen LogP) is 2.96. The van der Waals surface area contributed by atoms with Crippen LogP contribution in [0.4, 0.5) is 0 Å². The summed E-state index contributed by atoms with van der Waals surface area (Å²) in [6.07, 6.45) is 4.19. The molecular weight excluding hydrogens is 466 g/mol. The minimum absolute atomic E-state index is 0.149. The predicted molar refractivity (Wildman–Crippen MR) is 135 cm³/mol. The number of amides is 2. The Labute approximate surface area is 209 Å². The van der Waals surface area contributed by atoms with Crippen LogP contribution in [0.5, 0.6) is 0 Å². The van der Waals surface area contributed by atoms with Gasteiger partial charge in [0.1, 0.15) is 0 Å². The van der Waals surface area contributed by atoms with Crippen LogP contribution >= 0.6 is 0 Å². The van der Waals surface area contributed by atoms with Crippen LogP contribution in [-0.2, 0) is 19.6 Å². The van der Waals surface area contributed by atoms with Crippen LogP contribution < -0.4 is 10.6 Å². The molecule has 2 saturated heterocycles. The standard InChI is InChI=1S/C26H39N3O5S/c1-6-22(30)28-24-25(2,3)17-29(18-26(24,4)5)35(32,33)21-9-7-20(8-10-21)23(31)27-14-11-19-12-15-34-16-13-19/h6-10,19,24H,1,11-18H2,2-5H3,(H,27,31)(H,28,30). The van der Waals surface area contributed by atoms with E-state index in [1.54, 1.807) is 12.1 Å². The van der Waals surface area contributed by atoms with E-state index >= 15 is 0 Å². The highest BCUT2D eigenvalue weighted by atomic mass is 32.2. The van der Waals surface area contributed by atoms with Gasteiger partial charge in [-0.2, -0.15) is 4.31 Å². The van der Waals surface area contributed by atoms with Crippen molar-refractivity contribution < 1.29 is 22.7 Å². The van der Waals surface area contributed by atoms with E-state index in [9.17, 15) is 18.0 Å². The molecule has 0 spiro atoms. The smallest absolute Gasteiger partial charge is 0.251 e. The van der Waals surface area contributed by atoms with Crippen molar-refractivity contribution in [2.75, 3.05) is 32.8 Å². The lowest BCUT2D eigenvalue weighted by Gasteiger charge is -2.52. The van der Waals surface area contributed by atoms with Gasteiger partial charge in [-0.25, -0.2) is 8.42 Å². The van der Waals surface area contributed by atoms with Crippen molar-refractivity contribution in [3.63, 3.8) is 0 Å². The monoisotopic (exact) mass is 505 g/mol. The zero-order valence-corrected chi connectivity index (χ0v) is 22.1. The number of nitrogens with zero attached hydrogens (tertiary/aromatic N) is 1. The summed E-state index contributed by atoms with van der Waals surface area (Å²) < 4.78 is 33.8. The van der Waals surface area contributed by atoms with Crippen molar-refractivity contribution in [2.24, 2.45) is 16.7 Å². The first-order valence-electron chi connectivity index (χ1n) is 12.3. The topological polar surface area (TPSA) is 105 Å². The van der Waals surface area contributed by atoms with Crippen LogP contribution in [0.3, 0.4) is 0 Å². The van der Waals surface area contributed by atoms with Crippen LogP contribution in [0, 0.1) is 16.7 Å². The van der Waals surface area contributed by atoms with Gasteiger partial charge in [0.05, 0.1) is 4.90 Å². The third-order valence-corrected chi connectivity index (χ3v) is 8.94. The number of carbonyl (C=O) groups excluding carboxylic acids is 2. The highest BCUT2D eigenvalue weighted by Gasteiger charge is 2.50. The average molecular weight is 506 g/mol. The van der Waals surface area contributed by atoms with E-state index < -0.39 is 20.9 Å². The van der Waals surface area contributed by atoms with Crippen LogP contribution in [0.15, 0.2) is 41.8 Å². The number of sulfonamides is 1. The van der Waals surface area contributed by atoms with Crippen molar-refractivity contribution in [3.8, 4) is 0 Å². The molecule has 3 rings (SSSR count). The SMILES string of the molecule is C=CC(=O)NC1C(C)(C)CN(S(=O)(=O)c2ccc(C(=O)NCCC3CCOCC3)cc2)CC1(C)C. The molecule has 0 unspecified atom stereocenters. The molecule has 1 aromatic carbocycles. The van der Waals surface area contributed by atoms with Gasteiger partial charge in [-0.15, -0.1) is 0 Å². The maximum absolute atomic E-state index is 13.5. The van der Waals surface area contributed by atoms with Crippen molar-refractivity contribution in [1.82, 2.24) is 14.9 Å². The number of piperidine rings is 1. The van der Waals surface area contributed by atoms with E-state index in [0.29, 0.717) is 18.0 Å². The number of hydrogen-bond acceptors (Lipinski definition) is 5. The van der Waals surface area contributed by atoms with Crippen molar-refractivity contribution in [1.29, 1.82) is 0 Å². The molecular formula is C26H39N3O5S. The zero-order chi connectivity index (χ0) is 25.9. The Morgan fingerprint density at radius 2 is 1.66 bits per heavy atom. The summed E-state index contributed by atoms with van der Waals surface area (Å²) in [6.45, 7) is 14.0. The van der Waals surface area contributed by atoms with Gasteiger partial charge in [-0.05, 0) is 66.4 Å². The maximum atomic E-state index is 13.5. The second-order valence-corrected chi connectivity index (χ2v) is 13.0. The number of ether oxygens (including phenoxy) is 1. The Kier molecular flexibility index (Phi) is 8.44. The van der Waals surface area contributed by atoms with Crippen molar-refractivity contribution in [2.45, 2.75) is 57.9 Å². The van der Waals surface area contributed by atoms with E-state index in [1.807, 2.05) is 27.7 Å². The van der Waals surface area contributed by atoms with Gasteiger partial charge in [0.2, 0.25) is 15.9 Å². The van der Waals surface area contributed by atoms with E-state index in [4.69, 9.17) is 4.74 Å². The highest BCUT2D eigenvalue weighted by molar-refractivity contribution is 7.89. The molecule has 0 aromatic heterocycles. The Hall–Kier alpha value is -2.23. The van der Waals surface area contributed by atoms with Crippen LogP contribution in [0.25, 0.3) is 0 Å². The molecule has 0 radical (unpaired) electrons. The Morgan fingerprint density at radius 1 is 1.09 bits per heavy atom. The van der Waals surface area contributed by atoms with Gasteiger partial charge in [0.25, 0.3) is 5.91 Å². The summed E-state index contributed by atoms with van der Waals surface area (Å²) in [5.74, 6) is 0.0930. The Balaban J connectivity index is 1.66. The largest absolute Gasteiger partial charge is 0.381 e. The van der Waals surface area contributed by atoms with Gasteiger partial charge >= 0.3 is 0 Å². The third kappa shape index (κ3) is 6.51. The van der Waals surface area contributed by atoms with Gasteiger partial charge < -0.3 is 15.4 Å². The molecule has 2 amide bonds. The zero-order valence-electron chi connectivity index (χ0n) is 21.3. The van der Waals surface area contributed by atoms with Gasteiger partial charge in [-0.1, -0.05) is 34.3 Å². The third-order valence-electron chi connectivity index (χ3n) is 7.14. The number of nitrogens with one attached hydrogen (secondary N) is 2. The van der Waals surface area contributed by atoms with E-state index in [1.165, 1.54) is 22.5 Å². The number of hydrogen-bond donors (Lipinski definition) is 2. The van der Waals surface area contributed by atoms with Gasteiger partial charge in [-0.3, -0.25) is 9.59 Å². The molecule has 2 aliphatic rings. The molecule has 2 aliphatic heterocycles. The summed E-state index contributed by atoms with van der Waals surface area (Å²) in [5.41, 5.74) is -0.572. The molecule has 194 valence electrons. The van der Waals surface area contributed by atoms with E-state index in [-0.39, 0.29) is 35.8 Å². The molecule has 1 aromatic rings. The molecule has 35 heavy (non-hydrogen) atoms. The van der Waals surface area contributed by atoms with Crippen molar-refractivity contribution >= 4 is 21.8 Å². The van der Waals surface area contributed by atoms with Gasteiger partial charge in [0.15, 0.2) is 0 Å². The molecule has 0 atom stereocenters. The molecule has 2 fully saturated rings. The van der Waals surface area contributed by atoms with E-state index in [2.05, 4.69) is 17.2 Å². The molecule has 0 bridgehead atoms. The fraction of sp³-hybridized carbons (Fsp3) is 0.615.